The molecule has 0 aliphatic heterocycles. The molecule has 0 unspecified atom stereocenters. The number of rotatable bonds is 8. The zero-order chi connectivity index (χ0) is 14.8. The molecule has 1 aromatic rings. The Bertz CT molecular complexity index is 534. The van der Waals surface area contributed by atoms with Crippen LogP contribution in [0, 0.1) is 0 Å². The number of hydrogen-bond acceptors (Lipinski definition) is 4. The van der Waals surface area contributed by atoms with Gasteiger partial charge in [0.1, 0.15) is 4.90 Å². The van der Waals surface area contributed by atoms with Crippen LogP contribution in [0.5, 0.6) is 0 Å². The molecule has 1 aromatic heterocycles. The smallest absolute Gasteiger partial charge is 0.246 e. The van der Waals surface area contributed by atoms with Crippen LogP contribution in [0.3, 0.4) is 0 Å². The minimum Gasteiger partial charge on any atom is -0.313 e. The zero-order valence-corrected chi connectivity index (χ0v) is 13.2. The van der Waals surface area contributed by atoms with E-state index in [-0.39, 0.29) is 6.04 Å². The van der Waals surface area contributed by atoms with Crippen molar-refractivity contribution in [2.75, 3.05) is 13.1 Å². The van der Waals surface area contributed by atoms with Crippen molar-refractivity contribution < 1.29 is 8.42 Å². The van der Waals surface area contributed by atoms with Gasteiger partial charge in [0.25, 0.3) is 0 Å². The molecule has 0 bridgehead atoms. The van der Waals surface area contributed by atoms with Crippen molar-refractivity contribution >= 4 is 10.0 Å². The van der Waals surface area contributed by atoms with Crippen LogP contribution >= 0.6 is 0 Å². The van der Waals surface area contributed by atoms with Gasteiger partial charge in [-0.25, -0.2) is 8.42 Å². The molecule has 1 saturated carbocycles. The first-order valence-electron chi connectivity index (χ1n) is 7.22. The summed E-state index contributed by atoms with van der Waals surface area (Å²) in [6, 6.07) is 0.607. The van der Waals surface area contributed by atoms with E-state index in [1.54, 1.807) is 15.2 Å². The molecule has 20 heavy (non-hydrogen) atoms. The molecular weight excluding hydrogens is 276 g/mol. The Hall–Kier alpha value is -0.920. The summed E-state index contributed by atoms with van der Waals surface area (Å²) in [4.78, 5) is 0.302. The highest BCUT2D eigenvalue weighted by molar-refractivity contribution is 7.89. The monoisotopic (exact) mass is 300 g/mol. The Morgan fingerprint density at radius 3 is 2.75 bits per heavy atom. The summed E-state index contributed by atoms with van der Waals surface area (Å²) >= 11 is 0. The van der Waals surface area contributed by atoms with Crippen molar-refractivity contribution in [2.45, 2.75) is 57.1 Å². The van der Waals surface area contributed by atoms with Gasteiger partial charge in [-0.1, -0.05) is 20.8 Å². The molecular formula is C13H24N4O2S. The number of hydrogen-bond donors (Lipinski definition) is 1. The summed E-state index contributed by atoms with van der Waals surface area (Å²) in [6.07, 6.45) is 5.02. The third-order valence-corrected chi connectivity index (χ3v) is 5.36. The molecule has 114 valence electrons. The Kier molecular flexibility index (Phi) is 4.82. The molecule has 0 amide bonds. The lowest BCUT2D eigenvalue weighted by Gasteiger charge is -2.18. The lowest BCUT2D eigenvalue weighted by Crippen LogP contribution is -2.32. The summed E-state index contributed by atoms with van der Waals surface area (Å²) in [6.45, 7) is 8.00. The first kappa shape index (κ1) is 15.5. The summed E-state index contributed by atoms with van der Waals surface area (Å²) < 4.78 is 28.3. The standard InChI is InChI=1S/C13H24N4O2S/c1-4-17(12-5-6-12)20(18,19)13-9-15-16(10-13)8-7-14-11(2)3/h9-12,14H,4-8H2,1-3H3. The third-order valence-electron chi connectivity index (χ3n) is 3.38. The molecule has 0 radical (unpaired) electrons. The molecule has 0 spiro atoms. The van der Waals surface area contributed by atoms with Gasteiger partial charge < -0.3 is 5.32 Å². The van der Waals surface area contributed by atoms with Gasteiger partial charge in [0.05, 0.1) is 12.7 Å². The first-order valence-corrected chi connectivity index (χ1v) is 8.67. The predicted molar refractivity (Wildman–Crippen MR) is 78.0 cm³/mol. The second-order valence-corrected chi connectivity index (χ2v) is 7.38. The van der Waals surface area contributed by atoms with E-state index in [1.165, 1.54) is 6.20 Å². The van der Waals surface area contributed by atoms with Crippen molar-refractivity contribution in [1.82, 2.24) is 19.4 Å². The molecule has 6 nitrogen and oxygen atoms in total. The van der Waals surface area contributed by atoms with Crippen molar-refractivity contribution in [2.24, 2.45) is 0 Å². The molecule has 1 aliphatic rings. The van der Waals surface area contributed by atoms with E-state index >= 15 is 0 Å². The highest BCUT2D eigenvalue weighted by atomic mass is 32.2. The Balaban J connectivity index is 2.03. The highest BCUT2D eigenvalue weighted by Gasteiger charge is 2.37. The second kappa shape index (κ2) is 6.24. The molecule has 7 heteroatoms. The largest absolute Gasteiger partial charge is 0.313 e. The van der Waals surface area contributed by atoms with Gasteiger partial charge in [-0.05, 0) is 12.8 Å². The van der Waals surface area contributed by atoms with Crippen LogP contribution in [0.1, 0.15) is 33.6 Å². The maximum Gasteiger partial charge on any atom is 0.246 e. The minimum absolute atomic E-state index is 0.191. The van der Waals surface area contributed by atoms with Gasteiger partial charge in [-0.15, -0.1) is 0 Å². The molecule has 2 rings (SSSR count). The van der Waals surface area contributed by atoms with Crippen LogP contribution in [-0.2, 0) is 16.6 Å². The van der Waals surface area contributed by atoms with E-state index in [0.29, 0.717) is 24.0 Å². The van der Waals surface area contributed by atoms with Crippen molar-refractivity contribution in [3.05, 3.63) is 12.4 Å². The lowest BCUT2D eigenvalue weighted by molar-refractivity contribution is 0.421. The minimum atomic E-state index is -3.38. The Morgan fingerprint density at radius 2 is 2.20 bits per heavy atom. The first-order chi connectivity index (χ1) is 9.45. The van der Waals surface area contributed by atoms with Crippen LogP contribution in [-0.4, -0.2) is 47.7 Å². The normalized spacial score (nSPS) is 16.2. The molecule has 1 aliphatic carbocycles. The Morgan fingerprint density at radius 1 is 1.50 bits per heavy atom. The zero-order valence-electron chi connectivity index (χ0n) is 12.4. The molecule has 0 aromatic carbocycles. The van der Waals surface area contributed by atoms with E-state index < -0.39 is 10.0 Å². The van der Waals surface area contributed by atoms with E-state index in [0.717, 1.165) is 19.4 Å². The summed E-state index contributed by atoms with van der Waals surface area (Å²) in [7, 11) is -3.38. The number of nitrogens with zero attached hydrogens (tertiary/aromatic N) is 3. The maximum absolute atomic E-state index is 12.5. The van der Waals surface area contributed by atoms with Crippen LogP contribution in [0.25, 0.3) is 0 Å². The molecule has 0 atom stereocenters. The summed E-state index contributed by atoms with van der Waals surface area (Å²) in [5, 5.41) is 7.43. The SMILES string of the molecule is CCN(C1CC1)S(=O)(=O)c1cnn(CCNC(C)C)c1. The lowest BCUT2D eigenvalue weighted by atomic mass is 10.4. The van der Waals surface area contributed by atoms with Gasteiger partial charge in [-0.2, -0.15) is 9.40 Å². The highest BCUT2D eigenvalue weighted by Crippen LogP contribution is 2.31. The van der Waals surface area contributed by atoms with Crippen LogP contribution in [0.2, 0.25) is 0 Å². The van der Waals surface area contributed by atoms with Crippen LogP contribution in [0.4, 0.5) is 0 Å². The van der Waals surface area contributed by atoms with Crippen LogP contribution < -0.4 is 5.32 Å². The van der Waals surface area contributed by atoms with E-state index in [2.05, 4.69) is 24.3 Å². The average molecular weight is 300 g/mol. The quantitative estimate of drug-likeness (QED) is 0.779. The van der Waals surface area contributed by atoms with Gasteiger partial charge in [0.15, 0.2) is 0 Å². The topological polar surface area (TPSA) is 67.2 Å². The molecule has 1 fully saturated rings. The summed E-state index contributed by atoms with van der Waals surface area (Å²) in [5.74, 6) is 0. The maximum atomic E-state index is 12.5. The molecule has 0 saturated heterocycles. The fourth-order valence-electron chi connectivity index (χ4n) is 2.19. The number of nitrogens with one attached hydrogen (secondary N) is 1. The molecule has 1 heterocycles. The van der Waals surface area contributed by atoms with Gasteiger partial charge >= 0.3 is 0 Å². The van der Waals surface area contributed by atoms with E-state index in [9.17, 15) is 8.42 Å². The second-order valence-electron chi connectivity index (χ2n) is 5.49. The van der Waals surface area contributed by atoms with Gasteiger partial charge in [0.2, 0.25) is 10.0 Å². The Labute approximate surface area is 121 Å². The molecule has 1 N–H and O–H groups in total. The van der Waals surface area contributed by atoms with Gasteiger partial charge in [-0.3, -0.25) is 4.68 Å². The van der Waals surface area contributed by atoms with Crippen molar-refractivity contribution in [1.29, 1.82) is 0 Å². The van der Waals surface area contributed by atoms with Gasteiger partial charge in [0, 0.05) is 31.4 Å². The van der Waals surface area contributed by atoms with E-state index in [4.69, 9.17) is 0 Å². The van der Waals surface area contributed by atoms with Crippen molar-refractivity contribution in [3.8, 4) is 0 Å². The van der Waals surface area contributed by atoms with E-state index in [1.807, 2.05) is 6.92 Å². The summed E-state index contributed by atoms with van der Waals surface area (Å²) in [5.41, 5.74) is 0. The third kappa shape index (κ3) is 3.59. The van der Waals surface area contributed by atoms with Crippen molar-refractivity contribution in [3.63, 3.8) is 0 Å². The number of aromatic nitrogens is 2. The average Bonchev–Trinajstić information content (AvgIpc) is 3.06. The van der Waals surface area contributed by atoms with Crippen LogP contribution in [0.15, 0.2) is 17.3 Å². The fraction of sp³-hybridized carbons (Fsp3) is 0.769. The fourth-order valence-corrected chi connectivity index (χ4v) is 3.84. The number of sulfonamides is 1. The predicted octanol–water partition coefficient (Wildman–Crippen LogP) is 1.05.